The molecule has 2 aromatic heterocycles. The highest BCUT2D eigenvalue weighted by molar-refractivity contribution is 5.92. The predicted octanol–water partition coefficient (Wildman–Crippen LogP) is 3.53. The Kier molecular flexibility index (Phi) is 3.76. The molecule has 2 heterocycles. The average molecular weight is 316 g/mol. The molecular weight excluding hydrogens is 300 g/mol. The van der Waals surface area contributed by atoms with Crippen LogP contribution in [-0.2, 0) is 6.42 Å². The zero-order valence-electron chi connectivity index (χ0n) is 13.0. The van der Waals surface area contributed by atoms with Gasteiger partial charge in [0.05, 0.1) is 0 Å². The van der Waals surface area contributed by atoms with E-state index in [-0.39, 0.29) is 6.04 Å². The van der Waals surface area contributed by atoms with Gasteiger partial charge in [0.1, 0.15) is 11.5 Å². The van der Waals surface area contributed by atoms with Gasteiger partial charge in [-0.05, 0) is 23.8 Å². The van der Waals surface area contributed by atoms with Gasteiger partial charge in [0, 0.05) is 35.8 Å². The highest BCUT2D eigenvalue weighted by atomic mass is 16.5. The molecule has 0 saturated carbocycles. The van der Waals surface area contributed by atoms with Gasteiger partial charge in [-0.25, -0.2) is 9.97 Å². The molecule has 0 aliphatic heterocycles. The smallest absolute Gasteiger partial charge is 0.167 e. The van der Waals surface area contributed by atoms with Crippen LogP contribution in [0.1, 0.15) is 17.4 Å². The minimum atomic E-state index is -0.223. The highest BCUT2D eigenvalue weighted by Gasteiger charge is 2.18. The summed E-state index contributed by atoms with van der Waals surface area (Å²) in [5.74, 6) is 0.727. The van der Waals surface area contributed by atoms with Crippen LogP contribution in [0.3, 0.4) is 0 Å². The Morgan fingerprint density at radius 3 is 2.54 bits per heavy atom. The average Bonchev–Trinajstić information content (AvgIpc) is 3.06. The molecule has 4 aromatic rings. The zero-order valence-corrected chi connectivity index (χ0v) is 13.0. The molecule has 2 aromatic carbocycles. The molecule has 24 heavy (non-hydrogen) atoms. The molecule has 1 atom stereocenters. The Hall–Kier alpha value is -3.05. The minimum Gasteiger partial charge on any atom is -0.356 e. The van der Waals surface area contributed by atoms with Crippen molar-refractivity contribution in [1.82, 2.24) is 15.1 Å². The molecule has 0 radical (unpaired) electrons. The standard InChI is InChI=1S/C19H16N4O/c20-16(12-18-21-10-5-11-22-18)13-6-1-2-7-14(13)19-15-8-3-4-9-17(15)24-23-19/h1-11,16H,12,20H2. The Labute approximate surface area is 139 Å². The Morgan fingerprint density at radius 2 is 1.67 bits per heavy atom. The van der Waals surface area contributed by atoms with Crippen LogP contribution >= 0.6 is 0 Å². The largest absolute Gasteiger partial charge is 0.356 e. The molecule has 5 heteroatoms. The summed E-state index contributed by atoms with van der Waals surface area (Å²) in [7, 11) is 0. The van der Waals surface area contributed by atoms with Crippen LogP contribution in [-0.4, -0.2) is 15.1 Å². The lowest BCUT2D eigenvalue weighted by Gasteiger charge is -2.14. The zero-order chi connectivity index (χ0) is 16.4. The van der Waals surface area contributed by atoms with Gasteiger partial charge in [0.15, 0.2) is 5.58 Å². The third kappa shape index (κ3) is 2.66. The summed E-state index contributed by atoms with van der Waals surface area (Å²) in [6.07, 6.45) is 4.02. The molecule has 0 aliphatic rings. The Balaban J connectivity index is 1.75. The second kappa shape index (κ2) is 6.22. The molecule has 0 aliphatic carbocycles. The number of para-hydroxylation sites is 1. The number of hydrogen-bond acceptors (Lipinski definition) is 5. The summed E-state index contributed by atoms with van der Waals surface area (Å²) in [5, 5.41) is 5.23. The second-order valence-corrected chi connectivity index (χ2v) is 5.59. The van der Waals surface area contributed by atoms with E-state index >= 15 is 0 Å². The lowest BCUT2D eigenvalue weighted by atomic mass is 9.95. The fourth-order valence-corrected chi connectivity index (χ4v) is 2.86. The maximum atomic E-state index is 6.44. The molecule has 0 spiro atoms. The van der Waals surface area contributed by atoms with Crippen molar-refractivity contribution in [3.05, 3.63) is 78.4 Å². The summed E-state index contributed by atoms with van der Waals surface area (Å²) >= 11 is 0. The van der Waals surface area contributed by atoms with E-state index in [4.69, 9.17) is 10.3 Å². The predicted molar refractivity (Wildman–Crippen MR) is 92.1 cm³/mol. The first-order valence-corrected chi connectivity index (χ1v) is 7.78. The van der Waals surface area contributed by atoms with Gasteiger partial charge in [-0.3, -0.25) is 0 Å². The van der Waals surface area contributed by atoms with E-state index in [1.54, 1.807) is 18.5 Å². The van der Waals surface area contributed by atoms with Crippen LogP contribution in [0.5, 0.6) is 0 Å². The Bertz CT molecular complexity index is 965. The van der Waals surface area contributed by atoms with Gasteiger partial charge in [0.2, 0.25) is 0 Å². The molecule has 0 amide bonds. The van der Waals surface area contributed by atoms with Crippen molar-refractivity contribution in [3.8, 4) is 11.3 Å². The monoisotopic (exact) mass is 316 g/mol. The molecule has 1 unspecified atom stereocenters. The maximum absolute atomic E-state index is 6.44. The minimum absolute atomic E-state index is 0.223. The van der Waals surface area contributed by atoms with Crippen molar-refractivity contribution < 1.29 is 4.52 Å². The lowest BCUT2D eigenvalue weighted by Crippen LogP contribution is -2.16. The molecule has 118 valence electrons. The number of aromatic nitrogens is 3. The number of nitrogens with two attached hydrogens (primary N) is 1. The number of benzene rings is 2. The van der Waals surface area contributed by atoms with Crippen molar-refractivity contribution in [2.75, 3.05) is 0 Å². The van der Waals surface area contributed by atoms with E-state index in [1.165, 1.54) is 0 Å². The normalized spacial score (nSPS) is 12.4. The van der Waals surface area contributed by atoms with Crippen LogP contribution in [0, 0.1) is 0 Å². The van der Waals surface area contributed by atoms with Crippen LogP contribution < -0.4 is 5.73 Å². The summed E-state index contributed by atoms with van der Waals surface area (Å²) in [6.45, 7) is 0. The van der Waals surface area contributed by atoms with Gasteiger partial charge in [-0.1, -0.05) is 41.6 Å². The highest BCUT2D eigenvalue weighted by Crippen LogP contribution is 2.32. The third-order valence-corrected chi connectivity index (χ3v) is 4.01. The fraction of sp³-hybridized carbons (Fsp3) is 0.105. The molecule has 0 saturated heterocycles. The maximum Gasteiger partial charge on any atom is 0.167 e. The summed E-state index contributed by atoms with van der Waals surface area (Å²) in [6, 6.07) is 17.4. The quantitative estimate of drug-likeness (QED) is 0.623. The van der Waals surface area contributed by atoms with Crippen molar-refractivity contribution in [3.63, 3.8) is 0 Å². The molecule has 0 fully saturated rings. The van der Waals surface area contributed by atoms with Crippen LogP contribution in [0.4, 0.5) is 0 Å². The molecule has 0 bridgehead atoms. The van der Waals surface area contributed by atoms with E-state index in [0.717, 1.165) is 33.6 Å². The summed E-state index contributed by atoms with van der Waals surface area (Å²) in [5.41, 5.74) is 10.00. The van der Waals surface area contributed by atoms with Crippen molar-refractivity contribution in [2.24, 2.45) is 5.73 Å². The molecular formula is C19H16N4O. The van der Waals surface area contributed by atoms with E-state index < -0.39 is 0 Å². The van der Waals surface area contributed by atoms with Crippen molar-refractivity contribution in [1.29, 1.82) is 0 Å². The van der Waals surface area contributed by atoms with Gasteiger partial charge < -0.3 is 10.3 Å². The first kappa shape index (κ1) is 14.5. The number of nitrogens with zero attached hydrogens (tertiary/aromatic N) is 3. The summed E-state index contributed by atoms with van der Waals surface area (Å²) < 4.78 is 5.44. The lowest BCUT2D eigenvalue weighted by molar-refractivity contribution is 0.459. The fourth-order valence-electron chi connectivity index (χ4n) is 2.86. The van der Waals surface area contributed by atoms with Crippen molar-refractivity contribution in [2.45, 2.75) is 12.5 Å². The topological polar surface area (TPSA) is 77.8 Å². The molecule has 5 nitrogen and oxygen atoms in total. The third-order valence-electron chi connectivity index (χ3n) is 4.01. The SMILES string of the molecule is NC(Cc1ncccn1)c1ccccc1-c1noc2ccccc12. The van der Waals surface area contributed by atoms with E-state index in [1.807, 2.05) is 48.5 Å². The van der Waals surface area contributed by atoms with Crippen molar-refractivity contribution >= 4 is 11.0 Å². The Morgan fingerprint density at radius 1 is 0.917 bits per heavy atom. The van der Waals surface area contributed by atoms with E-state index in [2.05, 4.69) is 15.1 Å². The molecule has 2 N–H and O–H groups in total. The number of fused-ring (bicyclic) bond motifs is 1. The number of rotatable bonds is 4. The van der Waals surface area contributed by atoms with Gasteiger partial charge in [-0.2, -0.15) is 0 Å². The first-order chi connectivity index (χ1) is 11.8. The van der Waals surface area contributed by atoms with Gasteiger partial charge >= 0.3 is 0 Å². The number of hydrogen-bond donors (Lipinski definition) is 1. The van der Waals surface area contributed by atoms with Crippen LogP contribution in [0.2, 0.25) is 0 Å². The van der Waals surface area contributed by atoms with Gasteiger partial charge in [-0.15, -0.1) is 0 Å². The van der Waals surface area contributed by atoms with E-state index in [0.29, 0.717) is 6.42 Å². The van der Waals surface area contributed by atoms with Crippen LogP contribution in [0.15, 0.2) is 71.5 Å². The molecule has 4 rings (SSSR count). The second-order valence-electron chi connectivity index (χ2n) is 5.59. The van der Waals surface area contributed by atoms with E-state index in [9.17, 15) is 0 Å². The van der Waals surface area contributed by atoms with Crippen LogP contribution in [0.25, 0.3) is 22.2 Å². The first-order valence-electron chi connectivity index (χ1n) is 7.78. The summed E-state index contributed by atoms with van der Waals surface area (Å²) in [4.78, 5) is 8.52. The van der Waals surface area contributed by atoms with Gasteiger partial charge in [0.25, 0.3) is 0 Å².